The molecule has 1 aliphatic heterocycles. The zero-order valence-electron chi connectivity index (χ0n) is 14.8. The lowest BCUT2D eigenvalue weighted by Crippen LogP contribution is -2.41. The molecule has 2 aromatic rings. The van der Waals surface area contributed by atoms with Gasteiger partial charge < -0.3 is 9.84 Å². The number of hydrogen-bond acceptors (Lipinski definition) is 4. The highest BCUT2D eigenvalue weighted by molar-refractivity contribution is 5.94. The summed E-state index contributed by atoms with van der Waals surface area (Å²) >= 11 is 0. The third-order valence-electron chi connectivity index (χ3n) is 5.65. The van der Waals surface area contributed by atoms with Crippen LogP contribution in [0.1, 0.15) is 53.4 Å². The van der Waals surface area contributed by atoms with Crippen LogP contribution < -0.4 is 5.32 Å². The Morgan fingerprint density at radius 1 is 1.32 bits per heavy atom. The van der Waals surface area contributed by atoms with Gasteiger partial charge in [0.1, 0.15) is 11.8 Å². The fourth-order valence-electron chi connectivity index (χ4n) is 3.81. The molecule has 0 atom stereocenters. The van der Waals surface area contributed by atoms with Crippen LogP contribution >= 0.6 is 0 Å². The van der Waals surface area contributed by atoms with Crippen molar-refractivity contribution in [3.63, 3.8) is 0 Å². The van der Waals surface area contributed by atoms with Crippen molar-refractivity contribution in [3.05, 3.63) is 52.4 Å². The van der Waals surface area contributed by atoms with Crippen LogP contribution in [0.4, 0.5) is 0 Å². The Kier molecular flexibility index (Phi) is 4.57. The van der Waals surface area contributed by atoms with E-state index in [1.54, 1.807) is 6.92 Å². The summed E-state index contributed by atoms with van der Waals surface area (Å²) in [6.07, 6.45) is 7.78. The van der Waals surface area contributed by atoms with E-state index < -0.39 is 0 Å². The smallest absolute Gasteiger partial charge is 0.256 e. The highest BCUT2D eigenvalue weighted by Gasteiger charge is 2.26. The fourth-order valence-corrected chi connectivity index (χ4v) is 3.81. The van der Waals surface area contributed by atoms with E-state index in [1.807, 2.05) is 0 Å². The lowest BCUT2D eigenvalue weighted by atomic mass is 9.91. The zero-order chi connectivity index (χ0) is 17.2. The van der Waals surface area contributed by atoms with Gasteiger partial charge in [-0.1, -0.05) is 29.8 Å². The Hall–Kier alpha value is -2.14. The number of amides is 1. The van der Waals surface area contributed by atoms with Gasteiger partial charge in [-0.25, -0.2) is 0 Å². The average molecular weight is 341 g/mol. The third kappa shape index (κ3) is 3.47. The lowest BCUT2D eigenvalue weighted by molar-refractivity contribution is 0.0949. The molecule has 1 aliphatic carbocycles. The van der Waals surface area contributed by atoms with E-state index in [2.05, 4.69) is 33.6 Å². The summed E-state index contributed by atoms with van der Waals surface area (Å²) < 4.78 is 4.83. The number of carbonyl (C=O) groups is 1. The van der Waals surface area contributed by atoms with Crippen LogP contribution in [0.15, 0.2) is 29.0 Å². The van der Waals surface area contributed by atoms with Gasteiger partial charge in [0.05, 0.1) is 5.69 Å². The number of nitrogens with zero attached hydrogens (tertiary/aromatic N) is 2. The number of aryl methyl sites for hydroxylation is 1. The molecule has 5 heteroatoms. The average Bonchev–Trinajstić information content (AvgIpc) is 2.89. The van der Waals surface area contributed by atoms with Crippen molar-refractivity contribution in [2.75, 3.05) is 13.1 Å². The maximum Gasteiger partial charge on any atom is 0.256 e. The maximum atomic E-state index is 12.2. The first-order valence-corrected chi connectivity index (χ1v) is 9.24. The van der Waals surface area contributed by atoms with Crippen LogP contribution in [0, 0.1) is 6.92 Å². The molecule has 0 saturated heterocycles. The van der Waals surface area contributed by atoms with Gasteiger partial charge in [-0.3, -0.25) is 9.69 Å². The largest absolute Gasteiger partial charge is 0.364 e. The molecular formula is C20H27N3O2. The van der Waals surface area contributed by atoms with Crippen LogP contribution in [0.2, 0.25) is 0 Å². The van der Waals surface area contributed by atoms with E-state index in [4.69, 9.17) is 4.52 Å². The van der Waals surface area contributed by atoms with Gasteiger partial charge in [-0.05, 0) is 49.3 Å². The Labute approximate surface area is 149 Å². The predicted molar refractivity (Wildman–Crippen MR) is 97.6 cm³/mol. The fraction of sp³-hybridized carbons (Fsp3) is 0.500. The van der Waals surface area contributed by atoms with Crippen LogP contribution in [0.3, 0.4) is 0 Å². The second-order valence-corrected chi connectivity index (χ2v) is 7.22. The number of benzene rings is 1. The van der Waals surface area contributed by atoms with Gasteiger partial charge in [0, 0.05) is 27.1 Å². The van der Waals surface area contributed by atoms with Gasteiger partial charge in [0.2, 0.25) is 0 Å². The molecule has 1 aromatic carbocycles. The van der Waals surface area contributed by atoms with Crippen molar-refractivity contribution in [2.24, 2.45) is 0 Å². The van der Waals surface area contributed by atoms with Crippen molar-refractivity contribution < 1.29 is 10.7 Å². The molecule has 134 valence electrons. The predicted octanol–water partition coefficient (Wildman–Crippen LogP) is 3.11. The van der Waals surface area contributed by atoms with Gasteiger partial charge in [-0.2, -0.15) is 0 Å². The minimum atomic E-state index is -0.134. The first kappa shape index (κ1) is 16.3. The number of nitrogens with one attached hydrogen (secondary N) is 1. The molecule has 5 nitrogen and oxygen atoms in total. The summed E-state index contributed by atoms with van der Waals surface area (Å²) in [6.45, 7) is 4.64. The quantitative estimate of drug-likeness (QED) is 0.928. The summed E-state index contributed by atoms with van der Waals surface area (Å²) in [4.78, 5) is 14.8. The van der Waals surface area contributed by atoms with Crippen LogP contribution in [-0.2, 0) is 19.4 Å². The summed E-state index contributed by atoms with van der Waals surface area (Å²) in [5.41, 5.74) is 5.18. The minimum Gasteiger partial charge on any atom is -0.364 e. The second kappa shape index (κ2) is 7.00. The van der Waals surface area contributed by atoms with E-state index in [1.165, 1.54) is 43.2 Å². The molecule has 0 unspecified atom stereocenters. The molecule has 1 amide bonds. The van der Waals surface area contributed by atoms with E-state index >= 15 is 0 Å². The SMILES string of the molecule is Cc1nocc1C(=O)NCc1ccc2c(c1)CCN(C1CCC1)CC2.[HH]. The Morgan fingerprint density at radius 2 is 2.12 bits per heavy atom. The van der Waals surface area contributed by atoms with Gasteiger partial charge in [0.15, 0.2) is 0 Å². The molecular weight excluding hydrogens is 314 g/mol. The molecule has 0 radical (unpaired) electrons. The second-order valence-electron chi connectivity index (χ2n) is 7.22. The van der Waals surface area contributed by atoms with Gasteiger partial charge >= 0.3 is 0 Å². The zero-order valence-corrected chi connectivity index (χ0v) is 14.8. The lowest BCUT2D eigenvalue weighted by Gasteiger charge is -2.36. The van der Waals surface area contributed by atoms with Crippen LogP contribution in [0.5, 0.6) is 0 Å². The van der Waals surface area contributed by atoms with Crippen molar-refractivity contribution in [2.45, 2.75) is 51.6 Å². The summed E-state index contributed by atoms with van der Waals surface area (Å²) in [5.74, 6) is -0.134. The molecule has 4 rings (SSSR count). The number of carbonyl (C=O) groups excluding carboxylic acids is 1. The topological polar surface area (TPSA) is 58.4 Å². The van der Waals surface area contributed by atoms with Crippen molar-refractivity contribution in [1.82, 2.24) is 15.4 Å². The molecule has 25 heavy (non-hydrogen) atoms. The Balaban J connectivity index is 0.00000196. The minimum absolute atomic E-state index is 0. The molecule has 2 heterocycles. The van der Waals surface area contributed by atoms with E-state index in [-0.39, 0.29) is 7.33 Å². The summed E-state index contributed by atoms with van der Waals surface area (Å²) in [5, 5.41) is 6.71. The highest BCUT2D eigenvalue weighted by atomic mass is 16.5. The van der Waals surface area contributed by atoms with E-state index in [0.29, 0.717) is 17.8 Å². The normalized spacial score (nSPS) is 18.3. The summed E-state index contributed by atoms with van der Waals surface area (Å²) in [7, 11) is 0. The molecule has 2 aliphatic rings. The summed E-state index contributed by atoms with van der Waals surface area (Å²) in [6, 6.07) is 7.46. The van der Waals surface area contributed by atoms with Crippen LogP contribution in [-0.4, -0.2) is 35.1 Å². The first-order chi connectivity index (χ1) is 12.2. The number of aromatic nitrogens is 1. The number of hydrogen-bond donors (Lipinski definition) is 1. The van der Waals surface area contributed by atoms with E-state index in [9.17, 15) is 4.79 Å². The van der Waals surface area contributed by atoms with Crippen molar-refractivity contribution in [1.29, 1.82) is 0 Å². The van der Waals surface area contributed by atoms with Crippen molar-refractivity contribution >= 4 is 5.91 Å². The van der Waals surface area contributed by atoms with Crippen molar-refractivity contribution in [3.8, 4) is 0 Å². The first-order valence-electron chi connectivity index (χ1n) is 9.24. The van der Waals surface area contributed by atoms with E-state index in [0.717, 1.165) is 31.0 Å². The molecule has 1 saturated carbocycles. The molecule has 1 fully saturated rings. The Bertz CT molecular complexity index is 770. The molecule has 0 spiro atoms. The number of fused-ring (bicyclic) bond motifs is 1. The van der Waals surface area contributed by atoms with Gasteiger partial charge in [-0.15, -0.1) is 0 Å². The van der Waals surface area contributed by atoms with Gasteiger partial charge in [0.25, 0.3) is 5.91 Å². The standard InChI is InChI=1S/C20H25N3O2.H2/c1-14-19(13-25-22-14)20(24)21-12-15-5-6-16-7-9-23(18-3-2-4-18)10-8-17(16)11-15;/h5-6,11,13,18H,2-4,7-10,12H2,1H3,(H,21,24);1H. The number of rotatable bonds is 4. The maximum absolute atomic E-state index is 12.2. The monoisotopic (exact) mass is 341 g/mol. The molecule has 1 N–H and O–H groups in total. The highest BCUT2D eigenvalue weighted by Crippen LogP contribution is 2.27. The van der Waals surface area contributed by atoms with Crippen LogP contribution in [0.25, 0.3) is 0 Å². The Morgan fingerprint density at radius 3 is 2.80 bits per heavy atom. The molecule has 1 aromatic heterocycles. The third-order valence-corrected chi connectivity index (χ3v) is 5.65. The molecule has 0 bridgehead atoms.